The number of aliphatic hydroxyl groups is 1. The van der Waals surface area contributed by atoms with Gasteiger partial charge >= 0.3 is 0 Å². The Morgan fingerprint density at radius 2 is 1.69 bits per heavy atom. The van der Waals surface area contributed by atoms with Gasteiger partial charge in [-0.15, -0.1) is 0 Å². The van der Waals surface area contributed by atoms with E-state index in [1.54, 1.807) is 0 Å². The van der Waals surface area contributed by atoms with E-state index in [4.69, 9.17) is 5.73 Å². The predicted octanol–water partition coefficient (Wildman–Crippen LogP) is 2.50. The first-order valence-electron chi connectivity index (χ1n) is 5.72. The Balaban J connectivity index is 3.29. The fourth-order valence-electron chi connectivity index (χ4n) is 1.86. The van der Waals surface area contributed by atoms with Crippen molar-refractivity contribution in [2.45, 2.75) is 40.2 Å². The summed E-state index contributed by atoms with van der Waals surface area (Å²) in [6.45, 7) is 10.4. The third-order valence-electron chi connectivity index (χ3n) is 3.52. The second kappa shape index (κ2) is 4.19. The van der Waals surface area contributed by atoms with E-state index in [-0.39, 0.29) is 12.0 Å². The van der Waals surface area contributed by atoms with Gasteiger partial charge in [0.05, 0.1) is 0 Å². The normalized spacial score (nSPS) is 15.9. The molecule has 16 heavy (non-hydrogen) atoms. The molecule has 3 N–H and O–H groups in total. The van der Waals surface area contributed by atoms with Crippen LogP contribution in [0.15, 0.2) is 18.2 Å². The van der Waals surface area contributed by atoms with E-state index in [9.17, 15) is 5.11 Å². The van der Waals surface area contributed by atoms with Crippen LogP contribution in [0.1, 0.15) is 37.5 Å². The van der Waals surface area contributed by atoms with Crippen molar-refractivity contribution in [1.82, 2.24) is 0 Å². The van der Waals surface area contributed by atoms with Crippen LogP contribution >= 0.6 is 0 Å². The van der Waals surface area contributed by atoms with Crippen LogP contribution in [0.5, 0.6) is 0 Å². The molecule has 1 aromatic rings. The van der Waals surface area contributed by atoms with Gasteiger partial charge in [-0.05, 0) is 36.0 Å². The molecule has 0 radical (unpaired) electrons. The molecule has 0 aromatic heterocycles. The molecular weight excluding hydrogens is 198 g/mol. The second-order valence-corrected chi connectivity index (χ2v) is 5.61. The first-order chi connectivity index (χ1) is 7.22. The van der Waals surface area contributed by atoms with Gasteiger partial charge in [0.25, 0.3) is 0 Å². The summed E-state index contributed by atoms with van der Waals surface area (Å²) in [5.41, 5.74) is 7.85. The van der Waals surface area contributed by atoms with Gasteiger partial charge in [-0.2, -0.15) is 0 Å². The van der Waals surface area contributed by atoms with Crippen LogP contribution in [-0.4, -0.2) is 11.7 Å². The SMILES string of the molecule is Cc1ccc(C(O)(CN)C(C)(C)C)cc1C. The molecule has 2 heteroatoms. The zero-order chi connectivity index (χ0) is 12.6. The Morgan fingerprint density at radius 1 is 1.12 bits per heavy atom. The first-order valence-corrected chi connectivity index (χ1v) is 5.72. The van der Waals surface area contributed by atoms with Gasteiger partial charge in [-0.3, -0.25) is 0 Å². The summed E-state index contributed by atoms with van der Waals surface area (Å²) >= 11 is 0. The zero-order valence-corrected chi connectivity index (χ0v) is 11.0. The quantitative estimate of drug-likeness (QED) is 0.806. The molecule has 0 amide bonds. The molecule has 0 aliphatic heterocycles. The highest BCUT2D eigenvalue weighted by Crippen LogP contribution is 2.38. The molecule has 0 spiro atoms. The monoisotopic (exact) mass is 221 g/mol. The van der Waals surface area contributed by atoms with Gasteiger partial charge in [0, 0.05) is 6.54 Å². The van der Waals surface area contributed by atoms with Crippen LogP contribution in [0.3, 0.4) is 0 Å². The molecule has 0 saturated heterocycles. The molecule has 0 bridgehead atoms. The molecule has 90 valence electrons. The van der Waals surface area contributed by atoms with Gasteiger partial charge in [0.1, 0.15) is 5.60 Å². The molecule has 1 unspecified atom stereocenters. The van der Waals surface area contributed by atoms with Crippen LogP contribution < -0.4 is 5.73 Å². The van der Waals surface area contributed by atoms with Gasteiger partial charge in [0.2, 0.25) is 0 Å². The highest BCUT2D eigenvalue weighted by molar-refractivity contribution is 5.34. The van der Waals surface area contributed by atoms with Crippen molar-refractivity contribution in [2.24, 2.45) is 11.1 Å². The molecule has 0 heterocycles. The van der Waals surface area contributed by atoms with Crippen LogP contribution in [0.4, 0.5) is 0 Å². The van der Waals surface area contributed by atoms with Gasteiger partial charge in [-0.25, -0.2) is 0 Å². The molecule has 1 aromatic carbocycles. The van der Waals surface area contributed by atoms with Crippen molar-refractivity contribution in [3.8, 4) is 0 Å². The fourth-order valence-corrected chi connectivity index (χ4v) is 1.86. The summed E-state index contributed by atoms with van der Waals surface area (Å²) < 4.78 is 0. The van der Waals surface area contributed by atoms with E-state index in [1.165, 1.54) is 11.1 Å². The second-order valence-electron chi connectivity index (χ2n) is 5.61. The Labute approximate surface area is 98.5 Å². The summed E-state index contributed by atoms with van der Waals surface area (Å²) in [7, 11) is 0. The average molecular weight is 221 g/mol. The molecule has 1 atom stereocenters. The van der Waals surface area contributed by atoms with Crippen molar-refractivity contribution >= 4 is 0 Å². The summed E-state index contributed by atoms with van der Waals surface area (Å²) in [6.07, 6.45) is 0. The number of rotatable bonds is 2. The topological polar surface area (TPSA) is 46.2 Å². The van der Waals surface area contributed by atoms with Crippen LogP contribution in [0, 0.1) is 19.3 Å². The maximum absolute atomic E-state index is 10.7. The van der Waals surface area contributed by atoms with Crippen LogP contribution in [-0.2, 0) is 5.60 Å². The average Bonchev–Trinajstić information content (AvgIpc) is 2.19. The van der Waals surface area contributed by atoms with E-state index in [2.05, 4.69) is 13.8 Å². The Morgan fingerprint density at radius 3 is 2.06 bits per heavy atom. The lowest BCUT2D eigenvalue weighted by Crippen LogP contribution is -2.46. The highest BCUT2D eigenvalue weighted by atomic mass is 16.3. The minimum Gasteiger partial charge on any atom is -0.383 e. The standard InChI is InChI=1S/C14H23NO/c1-10-6-7-12(8-11(10)2)14(16,9-15)13(3,4)5/h6-8,16H,9,15H2,1-5H3. The van der Waals surface area contributed by atoms with E-state index in [0.717, 1.165) is 5.56 Å². The molecule has 0 saturated carbocycles. The minimum absolute atomic E-state index is 0.235. The Hall–Kier alpha value is -0.860. The molecule has 0 aliphatic carbocycles. The molecule has 2 nitrogen and oxygen atoms in total. The Bertz CT molecular complexity index is 379. The third kappa shape index (κ3) is 2.13. The van der Waals surface area contributed by atoms with Crippen molar-refractivity contribution in [2.75, 3.05) is 6.54 Å². The number of benzene rings is 1. The lowest BCUT2D eigenvalue weighted by Gasteiger charge is -2.40. The number of aryl methyl sites for hydroxylation is 2. The van der Waals surface area contributed by atoms with Crippen molar-refractivity contribution < 1.29 is 5.11 Å². The van der Waals surface area contributed by atoms with Gasteiger partial charge in [-0.1, -0.05) is 39.0 Å². The van der Waals surface area contributed by atoms with Crippen LogP contribution in [0.2, 0.25) is 0 Å². The largest absolute Gasteiger partial charge is 0.383 e. The van der Waals surface area contributed by atoms with Crippen molar-refractivity contribution in [1.29, 1.82) is 0 Å². The van der Waals surface area contributed by atoms with Crippen molar-refractivity contribution in [3.05, 3.63) is 34.9 Å². The number of nitrogens with two attached hydrogens (primary N) is 1. The third-order valence-corrected chi connectivity index (χ3v) is 3.52. The van der Waals surface area contributed by atoms with E-state index < -0.39 is 5.60 Å². The molecular formula is C14H23NO. The lowest BCUT2D eigenvalue weighted by atomic mass is 9.72. The minimum atomic E-state index is -0.967. The maximum Gasteiger partial charge on any atom is 0.107 e. The smallest absolute Gasteiger partial charge is 0.107 e. The van der Waals surface area contributed by atoms with Crippen LogP contribution in [0.25, 0.3) is 0 Å². The molecule has 0 fully saturated rings. The van der Waals surface area contributed by atoms with Gasteiger partial charge < -0.3 is 10.8 Å². The number of hydrogen-bond donors (Lipinski definition) is 2. The summed E-state index contributed by atoms with van der Waals surface area (Å²) in [6, 6.07) is 6.05. The zero-order valence-electron chi connectivity index (χ0n) is 11.0. The maximum atomic E-state index is 10.7. The first kappa shape index (κ1) is 13.2. The summed E-state index contributed by atoms with van der Waals surface area (Å²) in [5.74, 6) is 0. The predicted molar refractivity (Wildman–Crippen MR) is 68.3 cm³/mol. The lowest BCUT2D eigenvalue weighted by molar-refractivity contribution is -0.0557. The highest BCUT2D eigenvalue weighted by Gasteiger charge is 2.40. The fraction of sp³-hybridized carbons (Fsp3) is 0.571. The van der Waals surface area contributed by atoms with Crippen molar-refractivity contribution in [3.63, 3.8) is 0 Å². The van der Waals surface area contributed by atoms with E-state index >= 15 is 0 Å². The molecule has 1 rings (SSSR count). The summed E-state index contributed by atoms with van der Waals surface area (Å²) in [5, 5.41) is 10.7. The Kier molecular flexibility index (Phi) is 3.46. The number of hydrogen-bond acceptors (Lipinski definition) is 2. The molecule has 0 aliphatic rings. The van der Waals surface area contributed by atoms with Gasteiger partial charge in [0.15, 0.2) is 0 Å². The van der Waals surface area contributed by atoms with E-state index in [0.29, 0.717) is 0 Å². The summed E-state index contributed by atoms with van der Waals surface area (Å²) in [4.78, 5) is 0. The van der Waals surface area contributed by atoms with E-state index in [1.807, 2.05) is 39.0 Å².